The highest BCUT2D eigenvalue weighted by Gasteiger charge is 1.90. The van der Waals surface area contributed by atoms with E-state index in [1.807, 2.05) is 36.4 Å². The average molecular weight is 206 g/mol. The van der Waals surface area contributed by atoms with Crippen molar-refractivity contribution in [2.45, 2.75) is 0 Å². The number of hydrogen-bond donors (Lipinski definition) is 0. The second-order valence-corrected chi connectivity index (χ2v) is 3.19. The maximum atomic E-state index is 5.76. The van der Waals surface area contributed by atoms with Gasteiger partial charge in [-0.05, 0) is 23.8 Å². The molecule has 0 N–H and O–H groups in total. The summed E-state index contributed by atoms with van der Waals surface area (Å²) in [5.41, 5.74) is 1.06. The molecule has 0 aliphatic rings. The van der Waals surface area contributed by atoms with Crippen LogP contribution >= 0.6 is 11.6 Å². The molecule has 0 radical (unpaired) electrons. The van der Waals surface area contributed by atoms with Gasteiger partial charge in [0.05, 0.1) is 6.20 Å². The molecule has 3 heteroatoms. The first-order valence-corrected chi connectivity index (χ1v) is 4.55. The Labute approximate surface area is 86.8 Å². The molecule has 1 aromatic carbocycles. The number of aromatic nitrogens is 1. The Morgan fingerprint density at radius 2 is 1.93 bits per heavy atom. The number of hydrogen-bond acceptors (Lipinski definition) is 2. The molecular weight excluding hydrogens is 198 g/mol. The van der Waals surface area contributed by atoms with Crippen LogP contribution in [0.25, 0.3) is 12.2 Å². The molecule has 0 saturated heterocycles. The summed E-state index contributed by atoms with van der Waals surface area (Å²) < 4.78 is 5.05. The van der Waals surface area contributed by atoms with Crippen molar-refractivity contribution >= 4 is 23.8 Å². The van der Waals surface area contributed by atoms with Gasteiger partial charge < -0.3 is 4.42 Å². The molecule has 2 rings (SSSR count). The summed E-state index contributed by atoms with van der Waals surface area (Å²) in [6, 6.07) is 7.55. The summed E-state index contributed by atoms with van der Waals surface area (Å²) in [5.74, 6) is 0.597. The average Bonchev–Trinajstić information content (AvgIpc) is 2.70. The molecule has 0 bridgehead atoms. The molecule has 14 heavy (non-hydrogen) atoms. The molecular formula is C11H8ClNO. The SMILES string of the molecule is Clc1ccc(C=Cc2ncco2)cc1. The van der Waals surface area contributed by atoms with Crippen molar-refractivity contribution < 1.29 is 4.42 Å². The van der Waals surface area contributed by atoms with Crippen molar-refractivity contribution in [2.24, 2.45) is 0 Å². The van der Waals surface area contributed by atoms with E-state index in [1.54, 1.807) is 12.5 Å². The van der Waals surface area contributed by atoms with E-state index in [1.165, 1.54) is 0 Å². The summed E-state index contributed by atoms with van der Waals surface area (Å²) >= 11 is 5.76. The lowest BCUT2D eigenvalue weighted by Crippen LogP contribution is -1.71. The van der Waals surface area contributed by atoms with Gasteiger partial charge in [-0.3, -0.25) is 0 Å². The first-order valence-electron chi connectivity index (χ1n) is 4.18. The van der Waals surface area contributed by atoms with Gasteiger partial charge in [-0.25, -0.2) is 4.98 Å². The van der Waals surface area contributed by atoms with E-state index in [-0.39, 0.29) is 0 Å². The van der Waals surface area contributed by atoms with Gasteiger partial charge in [0, 0.05) is 11.1 Å². The number of benzene rings is 1. The predicted octanol–water partition coefficient (Wildman–Crippen LogP) is 3.50. The van der Waals surface area contributed by atoms with Crippen LogP contribution in [0.1, 0.15) is 11.5 Å². The fraction of sp³-hybridized carbons (Fsp3) is 0. The van der Waals surface area contributed by atoms with E-state index in [2.05, 4.69) is 4.98 Å². The minimum Gasteiger partial charge on any atom is -0.445 e. The van der Waals surface area contributed by atoms with Crippen LogP contribution in [-0.4, -0.2) is 4.98 Å². The van der Waals surface area contributed by atoms with E-state index >= 15 is 0 Å². The molecule has 0 amide bonds. The Bertz CT molecular complexity index is 417. The highest BCUT2D eigenvalue weighted by Crippen LogP contribution is 2.11. The quantitative estimate of drug-likeness (QED) is 0.750. The zero-order valence-corrected chi connectivity index (χ0v) is 8.11. The number of nitrogens with zero attached hydrogens (tertiary/aromatic N) is 1. The molecule has 0 atom stereocenters. The molecule has 0 unspecified atom stereocenters. The van der Waals surface area contributed by atoms with Crippen molar-refractivity contribution in [3.8, 4) is 0 Å². The smallest absolute Gasteiger partial charge is 0.218 e. The fourth-order valence-corrected chi connectivity index (χ4v) is 1.18. The monoisotopic (exact) mass is 205 g/mol. The minimum atomic E-state index is 0.597. The van der Waals surface area contributed by atoms with Gasteiger partial charge in [0.2, 0.25) is 5.89 Å². The first-order chi connectivity index (χ1) is 6.84. The maximum absolute atomic E-state index is 5.76. The lowest BCUT2D eigenvalue weighted by atomic mass is 10.2. The molecule has 1 aromatic heterocycles. The Balaban J connectivity index is 2.15. The number of oxazole rings is 1. The van der Waals surface area contributed by atoms with Gasteiger partial charge >= 0.3 is 0 Å². The van der Waals surface area contributed by atoms with Crippen molar-refractivity contribution in [2.75, 3.05) is 0 Å². The normalized spacial score (nSPS) is 10.9. The van der Waals surface area contributed by atoms with Crippen LogP contribution in [0.2, 0.25) is 5.02 Å². The third kappa shape index (κ3) is 2.24. The zero-order chi connectivity index (χ0) is 9.80. The third-order valence-electron chi connectivity index (χ3n) is 1.74. The molecule has 0 aliphatic heterocycles. The van der Waals surface area contributed by atoms with Crippen LogP contribution in [0.15, 0.2) is 41.1 Å². The summed E-state index contributed by atoms with van der Waals surface area (Å²) in [6.45, 7) is 0. The van der Waals surface area contributed by atoms with E-state index in [4.69, 9.17) is 16.0 Å². The molecule has 0 aliphatic carbocycles. The maximum Gasteiger partial charge on any atom is 0.218 e. The predicted molar refractivity (Wildman–Crippen MR) is 56.9 cm³/mol. The van der Waals surface area contributed by atoms with E-state index in [0.717, 1.165) is 10.6 Å². The molecule has 0 spiro atoms. The summed E-state index contributed by atoms with van der Waals surface area (Å²) in [7, 11) is 0. The molecule has 70 valence electrons. The summed E-state index contributed by atoms with van der Waals surface area (Å²) in [4.78, 5) is 3.97. The lowest BCUT2D eigenvalue weighted by molar-refractivity contribution is 0.547. The summed E-state index contributed by atoms with van der Waals surface area (Å²) in [5, 5.41) is 0.735. The Morgan fingerprint density at radius 1 is 1.14 bits per heavy atom. The largest absolute Gasteiger partial charge is 0.445 e. The standard InChI is InChI=1S/C11H8ClNO/c12-10-4-1-9(2-5-10)3-6-11-13-7-8-14-11/h1-8H. The van der Waals surface area contributed by atoms with Gasteiger partial charge in [0.1, 0.15) is 6.26 Å². The van der Waals surface area contributed by atoms with Crippen molar-refractivity contribution in [1.82, 2.24) is 4.98 Å². The molecule has 0 fully saturated rings. The van der Waals surface area contributed by atoms with Crippen molar-refractivity contribution in [1.29, 1.82) is 0 Å². The third-order valence-corrected chi connectivity index (χ3v) is 1.99. The Morgan fingerprint density at radius 3 is 2.57 bits per heavy atom. The van der Waals surface area contributed by atoms with Gasteiger partial charge in [-0.15, -0.1) is 0 Å². The van der Waals surface area contributed by atoms with Crippen molar-refractivity contribution in [3.05, 3.63) is 53.2 Å². The Kier molecular flexibility index (Phi) is 2.65. The second-order valence-electron chi connectivity index (χ2n) is 2.76. The van der Waals surface area contributed by atoms with Crippen LogP contribution in [0.3, 0.4) is 0 Å². The molecule has 0 saturated carbocycles. The Hall–Kier alpha value is -1.54. The summed E-state index contributed by atoms with van der Waals surface area (Å²) in [6.07, 6.45) is 6.88. The van der Waals surface area contributed by atoms with Crippen molar-refractivity contribution in [3.63, 3.8) is 0 Å². The molecule has 1 heterocycles. The van der Waals surface area contributed by atoms with Crippen LogP contribution < -0.4 is 0 Å². The van der Waals surface area contributed by atoms with E-state index in [0.29, 0.717) is 5.89 Å². The fourth-order valence-electron chi connectivity index (χ4n) is 1.06. The highest BCUT2D eigenvalue weighted by molar-refractivity contribution is 6.30. The van der Waals surface area contributed by atoms with Gasteiger partial charge in [-0.1, -0.05) is 23.7 Å². The zero-order valence-electron chi connectivity index (χ0n) is 7.35. The molecule has 2 nitrogen and oxygen atoms in total. The van der Waals surface area contributed by atoms with Gasteiger partial charge in [0.25, 0.3) is 0 Å². The number of halogens is 1. The van der Waals surface area contributed by atoms with E-state index < -0.39 is 0 Å². The minimum absolute atomic E-state index is 0.597. The van der Waals surface area contributed by atoms with Crippen LogP contribution in [-0.2, 0) is 0 Å². The number of rotatable bonds is 2. The second kappa shape index (κ2) is 4.11. The first kappa shape index (κ1) is 9.03. The topological polar surface area (TPSA) is 26.0 Å². The molecule has 2 aromatic rings. The van der Waals surface area contributed by atoms with E-state index in [9.17, 15) is 0 Å². The highest BCUT2D eigenvalue weighted by atomic mass is 35.5. The van der Waals surface area contributed by atoms with Crippen LogP contribution in [0.5, 0.6) is 0 Å². The van der Waals surface area contributed by atoms with Gasteiger partial charge in [-0.2, -0.15) is 0 Å². The lowest BCUT2D eigenvalue weighted by Gasteiger charge is -1.91. The van der Waals surface area contributed by atoms with Gasteiger partial charge in [0.15, 0.2) is 0 Å². The van der Waals surface area contributed by atoms with Crippen LogP contribution in [0, 0.1) is 0 Å². The van der Waals surface area contributed by atoms with Crippen LogP contribution in [0.4, 0.5) is 0 Å².